The number of allylic oxidation sites excluding steroid dienone is 1. The number of unbranched alkanes of at least 4 members (excludes halogenated alkanes) is 3. The molecule has 0 aromatic rings. The molecule has 0 unspecified atom stereocenters. The minimum atomic E-state index is 0.962. The number of hydrogen-bond donors (Lipinski definition) is 0. The average molecular weight is 218 g/mol. The van der Waals surface area contributed by atoms with E-state index in [0.717, 1.165) is 18.3 Å². The van der Waals surface area contributed by atoms with Gasteiger partial charge in [-0.3, -0.25) is 0 Å². The van der Waals surface area contributed by atoms with Crippen molar-refractivity contribution in [3.63, 3.8) is 0 Å². The highest BCUT2D eigenvalue weighted by Gasteiger charge is 2.36. The minimum absolute atomic E-state index is 0.962. The van der Waals surface area contributed by atoms with Gasteiger partial charge in [0, 0.05) is 0 Å². The molecule has 2 heterocycles. The first-order valence-corrected chi connectivity index (χ1v) is 7.58. The summed E-state index contributed by atoms with van der Waals surface area (Å²) in [5.74, 6) is 4.70. The normalized spacial score (nSPS) is 29.9. The van der Waals surface area contributed by atoms with Crippen LogP contribution in [0.15, 0.2) is 12.1 Å². The van der Waals surface area contributed by atoms with Crippen molar-refractivity contribution in [2.75, 3.05) is 0 Å². The summed E-state index contributed by atoms with van der Waals surface area (Å²) in [4.78, 5) is 0. The van der Waals surface area contributed by atoms with Crippen LogP contribution in [0.1, 0.15) is 71.1 Å². The molecule has 0 radical (unpaired) electrons. The van der Waals surface area contributed by atoms with E-state index in [0.29, 0.717) is 0 Å². The molecule has 0 N–H and O–H groups in total. The Morgan fingerprint density at radius 1 is 1.00 bits per heavy atom. The van der Waals surface area contributed by atoms with E-state index >= 15 is 0 Å². The van der Waals surface area contributed by atoms with Crippen LogP contribution in [0.4, 0.5) is 0 Å². The van der Waals surface area contributed by atoms with Gasteiger partial charge >= 0.3 is 0 Å². The van der Waals surface area contributed by atoms with Gasteiger partial charge in [-0.05, 0) is 12.8 Å². The van der Waals surface area contributed by atoms with Crippen LogP contribution in [-0.2, 0) is 0 Å². The quantitative estimate of drug-likeness (QED) is 0.435. The van der Waals surface area contributed by atoms with Crippen molar-refractivity contribution in [3.8, 4) is 0 Å². The van der Waals surface area contributed by atoms with Gasteiger partial charge in [-0.15, -0.1) is 5.98 Å². The van der Waals surface area contributed by atoms with E-state index in [1.807, 2.05) is 0 Å². The maximum absolute atomic E-state index is 2.60. The molecule has 16 heavy (non-hydrogen) atoms. The Balaban J connectivity index is 1.78. The molecule has 2 aliphatic heterocycles. The molecule has 0 nitrogen and oxygen atoms in total. The molecular weight excluding hydrogens is 191 g/mol. The Labute approximate surface area is 102 Å². The van der Waals surface area contributed by atoms with Crippen LogP contribution >= 0.6 is 0 Å². The maximum Gasteiger partial charge on any atom is 0.172 e. The summed E-state index contributed by atoms with van der Waals surface area (Å²) in [5.41, 5.74) is 0. The lowest BCUT2D eigenvalue weighted by molar-refractivity contribution is 0.447. The van der Waals surface area contributed by atoms with E-state index in [-0.39, 0.29) is 0 Å². The summed E-state index contributed by atoms with van der Waals surface area (Å²) in [6, 6.07) is 0. The summed E-state index contributed by atoms with van der Waals surface area (Å²) in [6.45, 7) is 3.25. The average Bonchev–Trinajstić information content (AvgIpc) is 2.28. The lowest BCUT2D eigenvalue weighted by atomic mass is 9.27. The monoisotopic (exact) mass is 218 g/mol. The maximum atomic E-state index is 2.60. The van der Waals surface area contributed by atoms with Crippen LogP contribution in [0, 0.1) is 0 Å². The zero-order valence-electron chi connectivity index (χ0n) is 11.0. The van der Waals surface area contributed by atoms with Crippen molar-refractivity contribution >= 4 is 6.71 Å². The van der Waals surface area contributed by atoms with Crippen molar-refractivity contribution in [2.45, 2.75) is 82.8 Å². The first-order valence-electron chi connectivity index (χ1n) is 7.58. The van der Waals surface area contributed by atoms with Gasteiger partial charge < -0.3 is 0 Å². The number of fused-ring (bicyclic) bond motifs is 2. The Hall–Kier alpha value is -0.195. The Bertz CT molecular complexity index is 199. The zero-order valence-corrected chi connectivity index (χ0v) is 11.0. The molecule has 1 heteroatoms. The highest BCUT2D eigenvalue weighted by molar-refractivity contribution is 6.67. The SMILES string of the molecule is CCCCC/C=C/B1C2CCCC1CCC2. The minimum Gasteiger partial charge on any atom is -0.118 e. The van der Waals surface area contributed by atoms with E-state index in [9.17, 15) is 0 Å². The summed E-state index contributed by atoms with van der Waals surface area (Å²) < 4.78 is 0. The summed E-state index contributed by atoms with van der Waals surface area (Å²) in [5, 5.41) is 0. The van der Waals surface area contributed by atoms with E-state index < -0.39 is 0 Å². The summed E-state index contributed by atoms with van der Waals surface area (Å²) in [7, 11) is 0. The van der Waals surface area contributed by atoms with Crippen molar-refractivity contribution in [2.24, 2.45) is 0 Å². The topological polar surface area (TPSA) is 0 Å². The molecule has 2 fully saturated rings. The molecular formula is C15H27B. The zero-order chi connectivity index (χ0) is 11.2. The van der Waals surface area contributed by atoms with Crippen molar-refractivity contribution in [3.05, 3.63) is 12.1 Å². The molecule has 2 rings (SSSR count). The molecule has 0 aromatic heterocycles. The highest BCUT2D eigenvalue weighted by Crippen LogP contribution is 2.46. The van der Waals surface area contributed by atoms with Gasteiger partial charge in [-0.25, -0.2) is 0 Å². The van der Waals surface area contributed by atoms with E-state index in [4.69, 9.17) is 0 Å². The molecule has 2 aliphatic rings. The van der Waals surface area contributed by atoms with Crippen LogP contribution < -0.4 is 0 Å². The van der Waals surface area contributed by atoms with Gasteiger partial charge in [0.1, 0.15) is 0 Å². The molecule has 0 amide bonds. The van der Waals surface area contributed by atoms with Crippen LogP contribution in [0.25, 0.3) is 0 Å². The first kappa shape index (κ1) is 12.3. The third-order valence-electron chi connectivity index (χ3n) is 4.72. The standard InChI is InChI=1S/C15H27B/c1-2-3-4-5-6-13-16-14-9-7-10-15(16)12-8-11-14/h6,13-15H,2-5,7-12H2,1H3/b13-6+. The van der Waals surface area contributed by atoms with Gasteiger partial charge in [0.05, 0.1) is 0 Å². The third kappa shape index (κ3) is 3.15. The Kier molecular flexibility index (Phi) is 5.00. The molecule has 0 spiro atoms. The van der Waals surface area contributed by atoms with Crippen LogP contribution in [-0.4, -0.2) is 6.71 Å². The number of rotatable bonds is 5. The van der Waals surface area contributed by atoms with E-state index in [1.54, 1.807) is 0 Å². The molecule has 0 atom stereocenters. The summed E-state index contributed by atoms with van der Waals surface area (Å²) in [6.07, 6.45) is 17.0. The predicted molar refractivity (Wildman–Crippen MR) is 74.2 cm³/mol. The largest absolute Gasteiger partial charge is 0.172 e. The lowest BCUT2D eigenvalue weighted by Crippen LogP contribution is -2.32. The molecule has 90 valence electrons. The molecule has 2 saturated heterocycles. The highest BCUT2D eigenvalue weighted by atomic mass is 14.2. The second-order valence-electron chi connectivity index (χ2n) is 5.88. The Morgan fingerprint density at radius 2 is 1.62 bits per heavy atom. The van der Waals surface area contributed by atoms with Gasteiger partial charge in [0.15, 0.2) is 6.71 Å². The van der Waals surface area contributed by atoms with Crippen molar-refractivity contribution in [1.82, 2.24) is 0 Å². The fourth-order valence-electron chi connectivity index (χ4n) is 3.81. The second-order valence-corrected chi connectivity index (χ2v) is 5.88. The number of hydrogen-bond acceptors (Lipinski definition) is 0. The van der Waals surface area contributed by atoms with Crippen LogP contribution in [0.5, 0.6) is 0 Å². The van der Waals surface area contributed by atoms with Crippen molar-refractivity contribution in [1.29, 1.82) is 0 Å². The molecule has 0 aliphatic carbocycles. The van der Waals surface area contributed by atoms with E-state index in [1.165, 1.54) is 64.2 Å². The molecule has 2 bridgehead atoms. The fraction of sp³-hybridized carbons (Fsp3) is 0.867. The van der Waals surface area contributed by atoms with Crippen LogP contribution in [0.2, 0.25) is 11.6 Å². The fourth-order valence-corrected chi connectivity index (χ4v) is 3.81. The van der Waals surface area contributed by atoms with Crippen molar-refractivity contribution < 1.29 is 0 Å². The molecule has 0 saturated carbocycles. The van der Waals surface area contributed by atoms with Gasteiger partial charge in [0.25, 0.3) is 0 Å². The van der Waals surface area contributed by atoms with E-state index in [2.05, 4.69) is 19.0 Å². The smallest absolute Gasteiger partial charge is 0.118 e. The van der Waals surface area contributed by atoms with Gasteiger partial charge in [-0.1, -0.05) is 76.0 Å². The molecule has 0 aromatic carbocycles. The van der Waals surface area contributed by atoms with Gasteiger partial charge in [-0.2, -0.15) is 0 Å². The second kappa shape index (κ2) is 6.52. The van der Waals surface area contributed by atoms with Crippen LogP contribution in [0.3, 0.4) is 0 Å². The predicted octanol–water partition coefficient (Wildman–Crippen LogP) is 5.27. The lowest BCUT2D eigenvalue weighted by Gasteiger charge is -2.39. The third-order valence-corrected chi connectivity index (χ3v) is 4.72. The Morgan fingerprint density at radius 3 is 2.19 bits per heavy atom. The van der Waals surface area contributed by atoms with Gasteiger partial charge in [0.2, 0.25) is 0 Å². The summed E-state index contributed by atoms with van der Waals surface area (Å²) >= 11 is 0. The first-order chi connectivity index (χ1) is 7.92.